The highest BCUT2D eigenvalue weighted by atomic mass is 35.5. The SMILES string of the molecule is CCN(Cc1ccc(Cl)cc1)C1CCc2nc(N)sc2C1. The third kappa shape index (κ3) is 3.39. The van der Waals surface area contributed by atoms with Crippen LogP contribution < -0.4 is 5.73 Å². The number of anilines is 1. The largest absolute Gasteiger partial charge is 0.375 e. The summed E-state index contributed by atoms with van der Waals surface area (Å²) in [4.78, 5) is 8.34. The summed E-state index contributed by atoms with van der Waals surface area (Å²) >= 11 is 7.61. The Kier molecular flexibility index (Phi) is 4.48. The van der Waals surface area contributed by atoms with E-state index in [1.54, 1.807) is 11.3 Å². The summed E-state index contributed by atoms with van der Waals surface area (Å²) in [6, 6.07) is 8.74. The van der Waals surface area contributed by atoms with Crippen LogP contribution in [-0.4, -0.2) is 22.5 Å². The maximum Gasteiger partial charge on any atom is 0.180 e. The van der Waals surface area contributed by atoms with Gasteiger partial charge < -0.3 is 5.73 Å². The molecular formula is C16H20ClN3S. The summed E-state index contributed by atoms with van der Waals surface area (Å²) in [6.45, 7) is 4.26. The molecule has 1 aliphatic carbocycles. The van der Waals surface area contributed by atoms with Gasteiger partial charge in [-0.15, -0.1) is 11.3 Å². The van der Waals surface area contributed by atoms with Crippen LogP contribution in [0.5, 0.6) is 0 Å². The van der Waals surface area contributed by atoms with Gasteiger partial charge in [0.1, 0.15) is 0 Å². The van der Waals surface area contributed by atoms with Crippen molar-refractivity contribution in [2.75, 3.05) is 12.3 Å². The van der Waals surface area contributed by atoms with Gasteiger partial charge in [0.25, 0.3) is 0 Å². The average molecular weight is 322 g/mol. The van der Waals surface area contributed by atoms with Gasteiger partial charge >= 0.3 is 0 Å². The summed E-state index contributed by atoms with van der Waals surface area (Å²) in [6.07, 6.45) is 3.29. The summed E-state index contributed by atoms with van der Waals surface area (Å²) in [7, 11) is 0. The number of nitrogen functional groups attached to an aromatic ring is 1. The molecule has 112 valence electrons. The van der Waals surface area contributed by atoms with E-state index in [9.17, 15) is 0 Å². The molecule has 0 fully saturated rings. The molecular weight excluding hydrogens is 302 g/mol. The minimum Gasteiger partial charge on any atom is -0.375 e. The number of fused-ring (bicyclic) bond motifs is 1. The average Bonchev–Trinajstić information content (AvgIpc) is 2.85. The first-order valence-corrected chi connectivity index (χ1v) is 8.57. The zero-order valence-electron chi connectivity index (χ0n) is 12.2. The fourth-order valence-electron chi connectivity index (χ4n) is 3.01. The number of likely N-dealkylation sites (N-methyl/N-ethyl adjacent to an activating group) is 1. The molecule has 3 rings (SSSR count). The molecule has 1 aromatic carbocycles. The van der Waals surface area contributed by atoms with Crippen molar-refractivity contribution < 1.29 is 0 Å². The number of benzene rings is 1. The predicted octanol–water partition coefficient (Wildman–Crippen LogP) is 3.76. The number of thiazole rings is 1. The molecule has 1 unspecified atom stereocenters. The monoisotopic (exact) mass is 321 g/mol. The van der Waals surface area contributed by atoms with E-state index in [0.29, 0.717) is 11.2 Å². The third-order valence-electron chi connectivity index (χ3n) is 4.15. The third-order valence-corrected chi connectivity index (χ3v) is 5.35. The first-order chi connectivity index (χ1) is 10.2. The molecule has 1 aliphatic rings. The predicted molar refractivity (Wildman–Crippen MR) is 89.9 cm³/mol. The van der Waals surface area contributed by atoms with Crippen LogP contribution in [0.15, 0.2) is 24.3 Å². The van der Waals surface area contributed by atoms with E-state index in [2.05, 4.69) is 28.9 Å². The molecule has 0 radical (unpaired) electrons. The van der Waals surface area contributed by atoms with Crippen LogP contribution in [0, 0.1) is 0 Å². The maximum atomic E-state index is 5.96. The normalized spacial score (nSPS) is 18.0. The lowest BCUT2D eigenvalue weighted by Gasteiger charge is -2.33. The van der Waals surface area contributed by atoms with Gasteiger partial charge in [-0.25, -0.2) is 4.98 Å². The summed E-state index contributed by atoms with van der Waals surface area (Å²) in [5, 5.41) is 1.51. The molecule has 1 atom stereocenters. The van der Waals surface area contributed by atoms with E-state index >= 15 is 0 Å². The van der Waals surface area contributed by atoms with Gasteiger partial charge in [-0.1, -0.05) is 30.7 Å². The van der Waals surface area contributed by atoms with Gasteiger partial charge in [0, 0.05) is 22.5 Å². The van der Waals surface area contributed by atoms with Gasteiger partial charge in [0.2, 0.25) is 0 Å². The van der Waals surface area contributed by atoms with Crippen molar-refractivity contribution in [2.45, 2.75) is 38.8 Å². The quantitative estimate of drug-likeness (QED) is 0.932. The van der Waals surface area contributed by atoms with Crippen molar-refractivity contribution in [3.8, 4) is 0 Å². The molecule has 0 bridgehead atoms. The molecule has 0 saturated carbocycles. The Morgan fingerprint density at radius 1 is 1.38 bits per heavy atom. The number of hydrogen-bond acceptors (Lipinski definition) is 4. The van der Waals surface area contributed by atoms with Crippen molar-refractivity contribution in [3.05, 3.63) is 45.4 Å². The molecule has 21 heavy (non-hydrogen) atoms. The first kappa shape index (κ1) is 14.8. The Balaban J connectivity index is 1.71. The van der Waals surface area contributed by atoms with Crippen LogP contribution in [0.2, 0.25) is 5.02 Å². The molecule has 0 aliphatic heterocycles. The van der Waals surface area contributed by atoms with Crippen molar-refractivity contribution >= 4 is 28.1 Å². The number of rotatable bonds is 4. The summed E-state index contributed by atoms with van der Waals surface area (Å²) in [5.74, 6) is 0. The summed E-state index contributed by atoms with van der Waals surface area (Å²) < 4.78 is 0. The molecule has 0 spiro atoms. The smallest absolute Gasteiger partial charge is 0.180 e. The van der Waals surface area contributed by atoms with E-state index in [1.807, 2.05) is 12.1 Å². The number of hydrogen-bond donors (Lipinski definition) is 1. The van der Waals surface area contributed by atoms with E-state index in [-0.39, 0.29) is 0 Å². The fourth-order valence-corrected chi connectivity index (χ4v) is 4.09. The van der Waals surface area contributed by atoms with Crippen LogP contribution in [-0.2, 0) is 19.4 Å². The molecule has 2 aromatic rings. The van der Waals surface area contributed by atoms with Crippen LogP contribution in [0.25, 0.3) is 0 Å². The number of aryl methyl sites for hydroxylation is 1. The second-order valence-electron chi connectivity index (χ2n) is 5.51. The fraction of sp³-hybridized carbons (Fsp3) is 0.438. The van der Waals surface area contributed by atoms with Crippen molar-refractivity contribution in [3.63, 3.8) is 0 Å². The van der Waals surface area contributed by atoms with Crippen LogP contribution in [0.3, 0.4) is 0 Å². The number of nitrogens with two attached hydrogens (primary N) is 1. The topological polar surface area (TPSA) is 42.2 Å². The Bertz CT molecular complexity index is 608. The van der Waals surface area contributed by atoms with Crippen LogP contribution in [0.1, 0.15) is 29.5 Å². The second-order valence-corrected chi connectivity index (χ2v) is 7.06. The highest BCUT2D eigenvalue weighted by Gasteiger charge is 2.26. The van der Waals surface area contributed by atoms with Crippen molar-refractivity contribution in [2.24, 2.45) is 0 Å². The van der Waals surface area contributed by atoms with Crippen molar-refractivity contribution in [1.82, 2.24) is 9.88 Å². The van der Waals surface area contributed by atoms with Gasteiger partial charge in [0.15, 0.2) is 5.13 Å². The van der Waals surface area contributed by atoms with E-state index in [0.717, 1.165) is 37.4 Å². The Hall–Kier alpha value is -1.10. The van der Waals surface area contributed by atoms with Crippen molar-refractivity contribution in [1.29, 1.82) is 0 Å². The molecule has 1 aromatic heterocycles. The molecule has 5 heteroatoms. The number of aromatic nitrogens is 1. The van der Waals surface area contributed by atoms with Crippen LogP contribution in [0.4, 0.5) is 5.13 Å². The van der Waals surface area contributed by atoms with E-state index in [4.69, 9.17) is 17.3 Å². The highest BCUT2D eigenvalue weighted by Crippen LogP contribution is 2.30. The minimum absolute atomic E-state index is 0.582. The highest BCUT2D eigenvalue weighted by molar-refractivity contribution is 7.15. The Morgan fingerprint density at radius 2 is 2.14 bits per heavy atom. The van der Waals surface area contributed by atoms with E-state index < -0.39 is 0 Å². The van der Waals surface area contributed by atoms with Gasteiger partial charge in [-0.2, -0.15) is 0 Å². The second kappa shape index (κ2) is 6.34. The molecule has 3 nitrogen and oxygen atoms in total. The zero-order valence-corrected chi connectivity index (χ0v) is 13.8. The van der Waals surface area contributed by atoms with E-state index in [1.165, 1.54) is 16.1 Å². The molecule has 0 amide bonds. The van der Waals surface area contributed by atoms with Crippen LogP contribution >= 0.6 is 22.9 Å². The maximum absolute atomic E-state index is 5.96. The zero-order chi connectivity index (χ0) is 14.8. The van der Waals surface area contributed by atoms with Gasteiger partial charge in [-0.05, 0) is 43.5 Å². The number of nitrogens with zero attached hydrogens (tertiary/aromatic N) is 2. The molecule has 0 saturated heterocycles. The minimum atomic E-state index is 0.582. The molecule has 2 N–H and O–H groups in total. The Morgan fingerprint density at radius 3 is 2.86 bits per heavy atom. The lowest BCUT2D eigenvalue weighted by Crippen LogP contribution is -2.38. The summed E-state index contributed by atoms with van der Waals surface area (Å²) in [5.41, 5.74) is 8.37. The Labute approximate surface area is 134 Å². The molecule has 1 heterocycles. The van der Waals surface area contributed by atoms with Gasteiger partial charge in [0.05, 0.1) is 5.69 Å². The lowest BCUT2D eigenvalue weighted by molar-refractivity contribution is 0.181. The lowest BCUT2D eigenvalue weighted by atomic mass is 9.96. The number of halogens is 1. The van der Waals surface area contributed by atoms with Gasteiger partial charge in [-0.3, -0.25) is 4.90 Å². The first-order valence-electron chi connectivity index (χ1n) is 7.38. The standard InChI is InChI=1S/C16H20ClN3S/c1-2-20(10-11-3-5-12(17)6-4-11)13-7-8-14-15(9-13)21-16(18)19-14/h3-6,13H,2,7-10H2,1H3,(H2,18,19).